The third-order valence-electron chi connectivity index (χ3n) is 3.18. The molecule has 0 radical (unpaired) electrons. The summed E-state index contributed by atoms with van der Waals surface area (Å²) in [5, 5.41) is 15.2. The van der Waals surface area contributed by atoms with Gasteiger partial charge in [0.15, 0.2) is 11.5 Å². The van der Waals surface area contributed by atoms with E-state index in [2.05, 4.69) is 10.6 Å². The van der Waals surface area contributed by atoms with Gasteiger partial charge < -0.3 is 20.5 Å². The van der Waals surface area contributed by atoms with Crippen molar-refractivity contribution in [2.45, 2.75) is 0 Å². The van der Waals surface area contributed by atoms with Crippen LogP contribution in [0, 0.1) is 0 Å². The maximum atomic E-state index is 11.8. The van der Waals surface area contributed by atoms with Gasteiger partial charge in [-0.05, 0) is 48.0 Å². The van der Waals surface area contributed by atoms with Crippen molar-refractivity contribution in [3.05, 3.63) is 59.1 Å². The second kappa shape index (κ2) is 8.75. The van der Waals surface area contributed by atoms with Crippen molar-refractivity contribution in [2.75, 3.05) is 19.0 Å². The molecule has 25 heavy (non-hydrogen) atoms. The van der Waals surface area contributed by atoms with Crippen molar-refractivity contribution in [1.29, 1.82) is 0 Å². The number of anilines is 1. The molecule has 0 aliphatic carbocycles. The molecule has 2 amide bonds. The van der Waals surface area contributed by atoms with E-state index < -0.39 is 5.91 Å². The van der Waals surface area contributed by atoms with E-state index in [-0.39, 0.29) is 18.2 Å². The Morgan fingerprint density at radius 2 is 1.92 bits per heavy atom. The lowest BCUT2D eigenvalue weighted by Gasteiger charge is -2.06. The second-order valence-corrected chi connectivity index (χ2v) is 5.47. The van der Waals surface area contributed by atoms with Crippen LogP contribution in [0.5, 0.6) is 11.5 Å². The molecule has 130 valence electrons. The summed E-state index contributed by atoms with van der Waals surface area (Å²) < 4.78 is 4.99. The average Bonchev–Trinajstić information content (AvgIpc) is 2.61. The van der Waals surface area contributed by atoms with Crippen molar-refractivity contribution in [3.63, 3.8) is 0 Å². The smallest absolute Gasteiger partial charge is 0.244 e. The Morgan fingerprint density at radius 1 is 1.20 bits per heavy atom. The lowest BCUT2D eigenvalue weighted by Crippen LogP contribution is -2.31. The van der Waals surface area contributed by atoms with Gasteiger partial charge in [0.25, 0.3) is 0 Å². The number of methoxy groups -OCH3 is 1. The Labute approximate surface area is 150 Å². The van der Waals surface area contributed by atoms with E-state index in [1.807, 2.05) is 0 Å². The number of hydrogen-bond acceptors (Lipinski definition) is 4. The summed E-state index contributed by atoms with van der Waals surface area (Å²) in [7, 11) is 1.44. The first-order valence-electron chi connectivity index (χ1n) is 7.36. The van der Waals surface area contributed by atoms with Crippen LogP contribution in [0.3, 0.4) is 0 Å². The van der Waals surface area contributed by atoms with Crippen LogP contribution in [0.25, 0.3) is 6.08 Å². The average molecular weight is 361 g/mol. The lowest BCUT2D eigenvalue weighted by molar-refractivity contribution is -0.121. The number of phenols is 1. The fourth-order valence-corrected chi connectivity index (χ4v) is 2.06. The van der Waals surface area contributed by atoms with Crippen molar-refractivity contribution in [2.24, 2.45) is 0 Å². The molecule has 0 saturated heterocycles. The maximum Gasteiger partial charge on any atom is 0.244 e. The normalized spacial score (nSPS) is 10.5. The zero-order valence-corrected chi connectivity index (χ0v) is 14.2. The number of phenolic OH excluding ortho intramolecular Hbond substituents is 1. The van der Waals surface area contributed by atoms with Crippen LogP contribution in [0.2, 0.25) is 5.02 Å². The highest BCUT2D eigenvalue weighted by Gasteiger charge is 2.05. The van der Waals surface area contributed by atoms with Crippen molar-refractivity contribution >= 4 is 35.2 Å². The van der Waals surface area contributed by atoms with Crippen molar-refractivity contribution in [3.8, 4) is 11.5 Å². The first kappa shape index (κ1) is 18.4. The summed E-state index contributed by atoms with van der Waals surface area (Å²) in [6.45, 7) is -0.162. The monoisotopic (exact) mass is 360 g/mol. The largest absolute Gasteiger partial charge is 0.504 e. The van der Waals surface area contributed by atoms with Crippen LogP contribution in [0.15, 0.2) is 48.5 Å². The minimum absolute atomic E-state index is 0.0166. The number of halogens is 1. The molecule has 6 nitrogen and oxygen atoms in total. The molecule has 7 heteroatoms. The highest BCUT2D eigenvalue weighted by molar-refractivity contribution is 6.30. The number of ether oxygens (including phenoxy) is 1. The minimum atomic E-state index is -0.418. The number of carbonyl (C=O) groups excluding carboxylic acids is 2. The third kappa shape index (κ3) is 5.86. The van der Waals surface area contributed by atoms with Gasteiger partial charge in [0.05, 0.1) is 13.7 Å². The summed E-state index contributed by atoms with van der Waals surface area (Å²) in [5.74, 6) is -0.443. The van der Waals surface area contributed by atoms with E-state index in [1.165, 1.54) is 19.3 Å². The number of benzene rings is 2. The van der Waals surface area contributed by atoms with Gasteiger partial charge >= 0.3 is 0 Å². The van der Waals surface area contributed by atoms with Crippen LogP contribution in [0.4, 0.5) is 5.69 Å². The van der Waals surface area contributed by atoms with Gasteiger partial charge in [-0.3, -0.25) is 9.59 Å². The predicted octanol–water partition coefficient (Wildman–Crippen LogP) is 2.82. The van der Waals surface area contributed by atoms with Crippen molar-refractivity contribution < 1.29 is 19.4 Å². The van der Waals surface area contributed by atoms with E-state index in [4.69, 9.17) is 16.3 Å². The van der Waals surface area contributed by atoms with E-state index in [1.54, 1.807) is 42.5 Å². The Bertz CT molecular complexity index is 788. The molecule has 0 aliphatic heterocycles. The number of hydrogen-bond donors (Lipinski definition) is 3. The summed E-state index contributed by atoms with van der Waals surface area (Å²) in [4.78, 5) is 23.5. The standard InChI is InChI=1S/C18H17ClN2O4/c1-25-16-10-12(2-8-15(16)22)3-9-17(23)20-11-18(24)21-14-6-4-13(19)5-7-14/h2-10,22H,11H2,1H3,(H,20,23)(H,21,24)/b9-3+. The summed E-state index contributed by atoms with van der Waals surface area (Å²) >= 11 is 5.76. The van der Waals surface area contributed by atoms with Crippen LogP contribution in [-0.4, -0.2) is 30.6 Å². The molecule has 0 aliphatic rings. The zero-order chi connectivity index (χ0) is 18.2. The zero-order valence-electron chi connectivity index (χ0n) is 13.5. The minimum Gasteiger partial charge on any atom is -0.504 e. The van der Waals surface area contributed by atoms with Gasteiger partial charge in [-0.1, -0.05) is 17.7 Å². The summed E-state index contributed by atoms with van der Waals surface area (Å²) in [6, 6.07) is 11.3. The molecule has 0 saturated carbocycles. The molecule has 3 N–H and O–H groups in total. The first-order chi connectivity index (χ1) is 12.0. The predicted molar refractivity (Wildman–Crippen MR) is 96.8 cm³/mol. The van der Waals surface area contributed by atoms with Gasteiger partial charge in [0.2, 0.25) is 11.8 Å². The van der Waals surface area contributed by atoms with E-state index in [0.29, 0.717) is 22.0 Å². The van der Waals surface area contributed by atoms with Crippen LogP contribution in [-0.2, 0) is 9.59 Å². The Balaban J connectivity index is 1.83. The highest BCUT2D eigenvalue weighted by Crippen LogP contribution is 2.26. The third-order valence-corrected chi connectivity index (χ3v) is 3.43. The molecule has 0 unspecified atom stereocenters. The van der Waals surface area contributed by atoms with Crippen LogP contribution < -0.4 is 15.4 Å². The number of amides is 2. The number of nitrogens with one attached hydrogen (secondary N) is 2. The number of aromatic hydroxyl groups is 1. The molecule has 0 fully saturated rings. The van der Waals surface area contributed by atoms with Crippen LogP contribution in [0.1, 0.15) is 5.56 Å². The lowest BCUT2D eigenvalue weighted by atomic mass is 10.2. The van der Waals surface area contributed by atoms with E-state index in [9.17, 15) is 14.7 Å². The maximum absolute atomic E-state index is 11.8. The number of rotatable bonds is 6. The van der Waals surface area contributed by atoms with Gasteiger partial charge in [-0.15, -0.1) is 0 Å². The second-order valence-electron chi connectivity index (χ2n) is 5.04. The van der Waals surface area contributed by atoms with Gasteiger partial charge in [0.1, 0.15) is 0 Å². The molecule has 2 aromatic rings. The molecular formula is C18H17ClN2O4. The van der Waals surface area contributed by atoms with E-state index in [0.717, 1.165) is 0 Å². The Morgan fingerprint density at radius 3 is 2.60 bits per heavy atom. The van der Waals surface area contributed by atoms with E-state index >= 15 is 0 Å². The Hall–Kier alpha value is -2.99. The topological polar surface area (TPSA) is 87.7 Å². The Kier molecular flexibility index (Phi) is 6.42. The SMILES string of the molecule is COc1cc(/C=C/C(=O)NCC(=O)Nc2ccc(Cl)cc2)ccc1O. The van der Waals surface area contributed by atoms with Gasteiger partial charge in [-0.25, -0.2) is 0 Å². The molecule has 0 aromatic heterocycles. The molecule has 0 heterocycles. The fraction of sp³-hybridized carbons (Fsp3) is 0.111. The molecule has 0 bridgehead atoms. The molecule has 2 aromatic carbocycles. The quantitative estimate of drug-likeness (QED) is 0.691. The van der Waals surface area contributed by atoms with Gasteiger partial charge in [0, 0.05) is 16.8 Å². The molecular weight excluding hydrogens is 344 g/mol. The van der Waals surface area contributed by atoms with Crippen LogP contribution >= 0.6 is 11.6 Å². The highest BCUT2D eigenvalue weighted by atomic mass is 35.5. The summed E-state index contributed by atoms with van der Waals surface area (Å²) in [5.41, 5.74) is 1.27. The molecule has 0 atom stereocenters. The number of carbonyl (C=O) groups is 2. The van der Waals surface area contributed by atoms with Gasteiger partial charge in [-0.2, -0.15) is 0 Å². The first-order valence-corrected chi connectivity index (χ1v) is 7.74. The van der Waals surface area contributed by atoms with Crippen molar-refractivity contribution in [1.82, 2.24) is 5.32 Å². The molecule has 0 spiro atoms. The molecule has 2 rings (SSSR count). The summed E-state index contributed by atoms with van der Waals surface area (Å²) in [6.07, 6.45) is 2.84. The fourth-order valence-electron chi connectivity index (χ4n) is 1.93.